The van der Waals surface area contributed by atoms with Crippen LogP contribution < -0.4 is 16.0 Å². The molecule has 0 unspecified atom stereocenters. The molecule has 2 aromatic carbocycles. The van der Waals surface area contributed by atoms with Crippen LogP contribution in [0.5, 0.6) is 0 Å². The molecule has 1 fully saturated rings. The van der Waals surface area contributed by atoms with Crippen molar-refractivity contribution in [1.82, 2.24) is 5.32 Å². The highest BCUT2D eigenvalue weighted by Gasteiger charge is 2.20. The van der Waals surface area contributed by atoms with Gasteiger partial charge in [0.1, 0.15) is 0 Å². The van der Waals surface area contributed by atoms with Crippen molar-refractivity contribution in [2.24, 2.45) is 5.92 Å². The molecule has 5 nitrogen and oxygen atoms in total. The highest BCUT2D eigenvalue weighted by molar-refractivity contribution is 6.04. The number of nitrogens with one attached hydrogen (secondary N) is 3. The average Bonchev–Trinajstić information content (AvgIpc) is 3.41. The zero-order chi connectivity index (χ0) is 16.8. The Kier molecular flexibility index (Phi) is 5.23. The molecule has 1 aliphatic rings. The third-order valence-corrected chi connectivity index (χ3v) is 3.88. The second-order valence-corrected chi connectivity index (χ2v) is 6.02. The Labute approximate surface area is 141 Å². The van der Waals surface area contributed by atoms with Gasteiger partial charge in [-0.2, -0.15) is 0 Å². The number of para-hydroxylation sites is 1. The highest BCUT2D eigenvalue weighted by atomic mass is 16.2. The first kappa shape index (κ1) is 16.2. The summed E-state index contributed by atoms with van der Waals surface area (Å²) >= 11 is 0. The summed E-state index contributed by atoms with van der Waals surface area (Å²) in [5, 5.41) is 8.79. The van der Waals surface area contributed by atoms with Crippen molar-refractivity contribution in [2.75, 3.05) is 23.7 Å². The largest absolute Gasteiger partial charge is 0.325 e. The maximum atomic E-state index is 12.2. The Morgan fingerprint density at radius 2 is 1.54 bits per heavy atom. The molecule has 0 aromatic heterocycles. The van der Waals surface area contributed by atoms with Gasteiger partial charge in [0.2, 0.25) is 5.91 Å². The van der Waals surface area contributed by atoms with Crippen LogP contribution in [0.2, 0.25) is 0 Å². The van der Waals surface area contributed by atoms with Crippen LogP contribution in [-0.4, -0.2) is 24.9 Å². The first-order chi connectivity index (χ1) is 11.7. The summed E-state index contributed by atoms with van der Waals surface area (Å²) in [6.45, 7) is 1.22. The summed E-state index contributed by atoms with van der Waals surface area (Å²) < 4.78 is 0. The lowest BCUT2D eigenvalue weighted by Gasteiger charge is -2.08. The van der Waals surface area contributed by atoms with E-state index in [1.165, 1.54) is 12.8 Å². The molecule has 0 atom stereocenters. The molecule has 1 saturated carbocycles. The third-order valence-electron chi connectivity index (χ3n) is 3.88. The van der Waals surface area contributed by atoms with Crippen LogP contribution in [0.4, 0.5) is 11.4 Å². The second kappa shape index (κ2) is 7.75. The van der Waals surface area contributed by atoms with E-state index in [1.807, 2.05) is 30.3 Å². The van der Waals surface area contributed by atoms with Crippen molar-refractivity contribution in [3.05, 3.63) is 60.2 Å². The average molecular weight is 323 g/mol. The number of hydrogen-bond acceptors (Lipinski definition) is 3. The Balaban J connectivity index is 1.48. The van der Waals surface area contributed by atoms with E-state index in [4.69, 9.17) is 0 Å². The quantitative estimate of drug-likeness (QED) is 0.734. The van der Waals surface area contributed by atoms with Gasteiger partial charge in [0.25, 0.3) is 5.91 Å². The molecule has 1 aliphatic carbocycles. The fraction of sp³-hybridized carbons (Fsp3) is 0.263. The summed E-state index contributed by atoms with van der Waals surface area (Å²) in [6.07, 6.45) is 2.53. The van der Waals surface area contributed by atoms with Gasteiger partial charge in [-0.15, -0.1) is 0 Å². The topological polar surface area (TPSA) is 70.2 Å². The Hall–Kier alpha value is -2.66. The molecule has 0 aliphatic heterocycles. The minimum absolute atomic E-state index is 0.0721. The van der Waals surface area contributed by atoms with Gasteiger partial charge in [0, 0.05) is 16.9 Å². The maximum Gasteiger partial charge on any atom is 0.255 e. The van der Waals surface area contributed by atoms with Crippen molar-refractivity contribution < 1.29 is 9.59 Å². The molecular formula is C19H21N3O2. The lowest BCUT2D eigenvalue weighted by atomic mass is 10.2. The molecule has 0 saturated heterocycles. The third kappa shape index (κ3) is 4.93. The summed E-state index contributed by atoms with van der Waals surface area (Å²) in [4.78, 5) is 24.0. The van der Waals surface area contributed by atoms with E-state index < -0.39 is 0 Å². The van der Waals surface area contributed by atoms with Gasteiger partial charge in [0.05, 0.1) is 6.54 Å². The standard InChI is InChI=1S/C19H21N3O2/c23-18(13-20-12-14-6-7-14)21-17-10-8-15(9-11-17)19(24)22-16-4-2-1-3-5-16/h1-5,8-11,14,20H,6-7,12-13H2,(H,21,23)(H,22,24). The smallest absolute Gasteiger partial charge is 0.255 e. The van der Waals surface area contributed by atoms with E-state index in [0.29, 0.717) is 17.8 Å². The van der Waals surface area contributed by atoms with Crippen molar-refractivity contribution in [3.63, 3.8) is 0 Å². The van der Waals surface area contributed by atoms with Gasteiger partial charge in [0.15, 0.2) is 0 Å². The SMILES string of the molecule is O=C(CNCC1CC1)Nc1ccc(C(=O)Nc2ccccc2)cc1. The van der Waals surface area contributed by atoms with E-state index in [9.17, 15) is 9.59 Å². The number of rotatable bonds is 7. The normalized spacial score (nSPS) is 13.3. The molecule has 24 heavy (non-hydrogen) atoms. The molecule has 0 spiro atoms. The molecule has 2 amide bonds. The monoisotopic (exact) mass is 323 g/mol. The first-order valence-electron chi connectivity index (χ1n) is 8.18. The van der Waals surface area contributed by atoms with E-state index in [-0.39, 0.29) is 11.8 Å². The number of benzene rings is 2. The zero-order valence-corrected chi connectivity index (χ0v) is 13.4. The van der Waals surface area contributed by atoms with Crippen LogP contribution in [-0.2, 0) is 4.79 Å². The number of hydrogen-bond donors (Lipinski definition) is 3. The highest BCUT2D eigenvalue weighted by Crippen LogP contribution is 2.27. The van der Waals surface area contributed by atoms with Gasteiger partial charge >= 0.3 is 0 Å². The Morgan fingerprint density at radius 3 is 2.21 bits per heavy atom. The number of carbonyl (C=O) groups excluding carboxylic acids is 2. The van der Waals surface area contributed by atoms with E-state index in [2.05, 4.69) is 16.0 Å². The summed E-state index contributed by atoms with van der Waals surface area (Å²) in [5.74, 6) is 0.502. The summed E-state index contributed by atoms with van der Waals surface area (Å²) in [7, 11) is 0. The molecule has 3 rings (SSSR count). The molecule has 5 heteroatoms. The lowest BCUT2D eigenvalue weighted by Crippen LogP contribution is -2.29. The van der Waals surface area contributed by atoms with Gasteiger partial charge < -0.3 is 16.0 Å². The number of amides is 2. The van der Waals surface area contributed by atoms with Crippen molar-refractivity contribution in [1.29, 1.82) is 0 Å². The van der Waals surface area contributed by atoms with Crippen LogP contribution in [0.1, 0.15) is 23.2 Å². The predicted octanol–water partition coefficient (Wildman–Crippen LogP) is 2.88. The van der Waals surface area contributed by atoms with E-state index in [0.717, 1.165) is 18.2 Å². The van der Waals surface area contributed by atoms with Crippen LogP contribution in [0.3, 0.4) is 0 Å². The molecule has 0 heterocycles. The fourth-order valence-corrected chi connectivity index (χ4v) is 2.35. The van der Waals surface area contributed by atoms with Crippen LogP contribution >= 0.6 is 0 Å². The zero-order valence-electron chi connectivity index (χ0n) is 13.4. The summed E-state index contributed by atoms with van der Waals surface area (Å²) in [5.41, 5.74) is 1.98. The summed E-state index contributed by atoms with van der Waals surface area (Å²) in [6, 6.07) is 16.2. The molecule has 3 N–H and O–H groups in total. The van der Waals surface area contributed by atoms with Crippen LogP contribution in [0.25, 0.3) is 0 Å². The van der Waals surface area contributed by atoms with Gasteiger partial charge in [-0.3, -0.25) is 9.59 Å². The van der Waals surface area contributed by atoms with Crippen molar-refractivity contribution in [3.8, 4) is 0 Å². The predicted molar refractivity (Wildman–Crippen MR) is 95.1 cm³/mol. The van der Waals surface area contributed by atoms with Crippen molar-refractivity contribution in [2.45, 2.75) is 12.8 Å². The van der Waals surface area contributed by atoms with E-state index >= 15 is 0 Å². The molecule has 2 aromatic rings. The number of anilines is 2. The van der Waals surface area contributed by atoms with Crippen LogP contribution in [0.15, 0.2) is 54.6 Å². The minimum atomic E-state index is -0.176. The van der Waals surface area contributed by atoms with Crippen molar-refractivity contribution >= 4 is 23.2 Å². The Morgan fingerprint density at radius 1 is 0.875 bits per heavy atom. The maximum absolute atomic E-state index is 12.2. The molecule has 0 radical (unpaired) electrons. The lowest BCUT2D eigenvalue weighted by molar-refractivity contribution is -0.115. The second-order valence-electron chi connectivity index (χ2n) is 6.02. The van der Waals surface area contributed by atoms with Gasteiger partial charge in [-0.1, -0.05) is 18.2 Å². The minimum Gasteiger partial charge on any atom is -0.325 e. The molecule has 0 bridgehead atoms. The first-order valence-corrected chi connectivity index (χ1v) is 8.18. The Bertz CT molecular complexity index is 694. The fourth-order valence-electron chi connectivity index (χ4n) is 2.35. The number of carbonyl (C=O) groups is 2. The van der Waals surface area contributed by atoms with Crippen LogP contribution in [0, 0.1) is 5.92 Å². The van der Waals surface area contributed by atoms with E-state index in [1.54, 1.807) is 24.3 Å². The molecular weight excluding hydrogens is 302 g/mol. The van der Waals surface area contributed by atoms with Gasteiger partial charge in [-0.25, -0.2) is 0 Å². The molecule has 124 valence electrons. The van der Waals surface area contributed by atoms with Gasteiger partial charge in [-0.05, 0) is 61.7 Å².